The second kappa shape index (κ2) is 20.2. The van der Waals surface area contributed by atoms with Gasteiger partial charge in [0, 0.05) is 13.0 Å². The molecule has 0 aliphatic rings. The number of unbranched alkanes of at least 4 members (excludes halogenated alkanes) is 5. The zero-order valence-corrected chi connectivity index (χ0v) is 33.2. The summed E-state index contributed by atoms with van der Waals surface area (Å²) in [5, 5.41) is 5.89. The van der Waals surface area contributed by atoms with Crippen molar-refractivity contribution in [3.8, 4) is 0 Å². The van der Waals surface area contributed by atoms with Crippen LogP contribution in [0, 0.1) is 19.8 Å². The summed E-state index contributed by atoms with van der Waals surface area (Å²) in [4.78, 5) is 58.3. The highest BCUT2D eigenvalue weighted by atomic mass is 16.6. The minimum Gasteiger partial charge on any atom is -0.458 e. The fourth-order valence-electron chi connectivity index (χ4n) is 6.08. The molecule has 0 fully saturated rings. The number of benzene rings is 2. The first-order chi connectivity index (χ1) is 23.9. The molecule has 0 heterocycles. The van der Waals surface area contributed by atoms with Crippen molar-refractivity contribution in [3.05, 3.63) is 70.8 Å². The summed E-state index contributed by atoms with van der Waals surface area (Å²) in [5.74, 6) is -1.67. The first kappa shape index (κ1) is 43.3. The van der Waals surface area contributed by atoms with E-state index in [-0.39, 0.29) is 24.8 Å². The third-order valence-electron chi connectivity index (χ3n) is 8.85. The predicted molar refractivity (Wildman–Crippen MR) is 204 cm³/mol. The Kier molecular flexibility index (Phi) is 17.2. The van der Waals surface area contributed by atoms with Crippen LogP contribution in [0.1, 0.15) is 136 Å². The van der Waals surface area contributed by atoms with Crippen molar-refractivity contribution in [1.82, 2.24) is 15.5 Å². The van der Waals surface area contributed by atoms with Gasteiger partial charge < -0.3 is 25.0 Å². The first-order valence-corrected chi connectivity index (χ1v) is 18.8. The van der Waals surface area contributed by atoms with Crippen LogP contribution in [0.25, 0.3) is 0 Å². The number of carbonyl (C=O) groups is 4. The lowest BCUT2D eigenvalue weighted by atomic mass is 9.91. The van der Waals surface area contributed by atoms with E-state index in [4.69, 9.17) is 9.47 Å². The molecule has 3 amide bonds. The average molecular weight is 708 g/mol. The van der Waals surface area contributed by atoms with E-state index < -0.39 is 47.3 Å². The fraction of sp³-hybridized carbons (Fsp3) is 0.619. The standard InChI is InChI=1S/C42H65N3O6/c1-12-14-15-16-17-21-27-45(38(47)35(29(3)13-2)44-40(49)51-42(9,10)11)36(34-30(4)23-22-24-31(34)5)37(46)43-33(39(48)50-41(6,7)8)28-32-25-19-18-20-26-32/h18-20,22-26,29,33,35-36H,12-17,21,27-28H2,1-11H3,(H,43,46)(H,44,49). The minimum absolute atomic E-state index is 0.210. The average Bonchev–Trinajstić information content (AvgIpc) is 3.03. The van der Waals surface area contributed by atoms with Gasteiger partial charge in [0.15, 0.2) is 0 Å². The molecule has 0 aliphatic heterocycles. The molecule has 2 rings (SSSR count). The van der Waals surface area contributed by atoms with Crippen LogP contribution in [-0.2, 0) is 30.3 Å². The number of alkyl carbamates (subject to hydrolysis) is 1. The Morgan fingerprint density at radius 2 is 1.31 bits per heavy atom. The number of rotatable bonds is 18. The van der Waals surface area contributed by atoms with Gasteiger partial charge in [0.25, 0.3) is 0 Å². The predicted octanol–water partition coefficient (Wildman–Crippen LogP) is 8.54. The monoisotopic (exact) mass is 707 g/mol. The number of nitrogens with zero attached hydrogens (tertiary/aromatic N) is 1. The molecule has 284 valence electrons. The fourth-order valence-corrected chi connectivity index (χ4v) is 6.08. The van der Waals surface area contributed by atoms with Crippen LogP contribution in [0.2, 0.25) is 0 Å². The summed E-state index contributed by atoms with van der Waals surface area (Å²) in [6.07, 6.45) is 6.04. The SMILES string of the molecule is CCCCCCCCN(C(=O)C(NC(=O)OC(C)(C)C)C(C)CC)C(C(=O)NC(Cc1ccccc1)C(=O)OC(C)(C)C)c1c(C)cccc1C. The Morgan fingerprint density at radius 1 is 0.745 bits per heavy atom. The van der Waals surface area contributed by atoms with Gasteiger partial charge in [-0.1, -0.05) is 108 Å². The van der Waals surface area contributed by atoms with Gasteiger partial charge in [-0.05, 0) is 90.0 Å². The molecule has 0 saturated heterocycles. The normalized spacial score (nSPS) is 14.1. The Bertz CT molecular complexity index is 1390. The van der Waals surface area contributed by atoms with Gasteiger partial charge >= 0.3 is 12.1 Å². The van der Waals surface area contributed by atoms with Gasteiger partial charge in [0.2, 0.25) is 11.8 Å². The maximum absolute atomic E-state index is 14.9. The number of esters is 1. The lowest BCUT2D eigenvalue weighted by Crippen LogP contribution is -2.57. The van der Waals surface area contributed by atoms with E-state index in [1.54, 1.807) is 46.4 Å². The summed E-state index contributed by atoms with van der Waals surface area (Å²) in [7, 11) is 0. The topological polar surface area (TPSA) is 114 Å². The van der Waals surface area contributed by atoms with Crippen molar-refractivity contribution in [3.63, 3.8) is 0 Å². The zero-order chi connectivity index (χ0) is 38.4. The molecular formula is C42H65N3O6. The van der Waals surface area contributed by atoms with Crippen LogP contribution in [-0.4, -0.2) is 58.6 Å². The Morgan fingerprint density at radius 3 is 1.86 bits per heavy atom. The largest absolute Gasteiger partial charge is 0.458 e. The number of nitrogens with one attached hydrogen (secondary N) is 2. The van der Waals surface area contributed by atoms with E-state index in [1.165, 1.54) is 0 Å². The van der Waals surface area contributed by atoms with Crippen LogP contribution < -0.4 is 10.6 Å². The summed E-state index contributed by atoms with van der Waals surface area (Å²) >= 11 is 0. The number of hydrogen-bond donors (Lipinski definition) is 2. The van der Waals surface area contributed by atoms with Crippen LogP contribution in [0.3, 0.4) is 0 Å². The quantitative estimate of drug-likeness (QED) is 0.119. The lowest BCUT2D eigenvalue weighted by molar-refractivity contribution is -0.159. The molecule has 51 heavy (non-hydrogen) atoms. The van der Waals surface area contributed by atoms with Crippen molar-refractivity contribution >= 4 is 23.9 Å². The number of hydrogen-bond acceptors (Lipinski definition) is 6. The highest BCUT2D eigenvalue weighted by Gasteiger charge is 2.40. The molecule has 0 aromatic heterocycles. The van der Waals surface area contributed by atoms with Crippen molar-refractivity contribution in [2.45, 2.75) is 157 Å². The molecule has 2 aromatic carbocycles. The number of amides is 3. The second-order valence-corrected chi connectivity index (χ2v) is 15.8. The molecule has 0 saturated carbocycles. The van der Waals surface area contributed by atoms with Gasteiger partial charge in [0.1, 0.15) is 29.3 Å². The van der Waals surface area contributed by atoms with E-state index in [2.05, 4.69) is 17.6 Å². The summed E-state index contributed by atoms with van der Waals surface area (Å²) in [6, 6.07) is 12.2. The van der Waals surface area contributed by atoms with Gasteiger partial charge in [-0.3, -0.25) is 9.59 Å². The van der Waals surface area contributed by atoms with Gasteiger partial charge in [-0.15, -0.1) is 0 Å². The summed E-state index contributed by atoms with van der Waals surface area (Å²) < 4.78 is 11.4. The number of ether oxygens (including phenoxy) is 2. The molecule has 4 unspecified atom stereocenters. The van der Waals surface area contributed by atoms with E-state index in [0.717, 1.165) is 48.8 Å². The van der Waals surface area contributed by atoms with E-state index in [9.17, 15) is 19.2 Å². The first-order valence-electron chi connectivity index (χ1n) is 18.8. The highest BCUT2D eigenvalue weighted by Crippen LogP contribution is 2.31. The van der Waals surface area contributed by atoms with Crippen molar-refractivity contribution in [1.29, 1.82) is 0 Å². The van der Waals surface area contributed by atoms with Crippen molar-refractivity contribution < 1.29 is 28.7 Å². The van der Waals surface area contributed by atoms with Crippen LogP contribution in [0.15, 0.2) is 48.5 Å². The Hall–Kier alpha value is -3.88. The maximum Gasteiger partial charge on any atom is 0.408 e. The Balaban J connectivity index is 2.71. The van der Waals surface area contributed by atoms with E-state index >= 15 is 0 Å². The molecule has 0 spiro atoms. The van der Waals surface area contributed by atoms with Crippen molar-refractivity contribution in [2.75, 3.05) is 6.54 Å². The molecule has 9 nitrogen and oxygen atoms in total. The van der Waals surface area contributed by atoms with Crippen molar-refractivity contribution in [2.24, 2.45) is 5.92 Å². The van der Waals surface area contributed by atoms with Crippen LogP contribution in [0.4, 0.5) is 4.79 Å². The third-order valence-corrected chi connectivity index (χ3v) is 8.85. The summed E-state index contributed by atoms with van der Waals surface area (Å²) in [5.41, 5.74) is 1.69. The molecule has 0 bridgehead atoms. The molecular weight excluding hydrogens is 642 g/mol. The Labute approximate surface area is 307 Å². The zero-order valence-electron chi connectivity index (χ0n) is 33.2. The summed E-state index contributed by atoms with van der Waals surface area (Å²) in [6.45, 7) is 20.9. The second-order valence-electron chi connectivity index (χ2n) is 15.8. The van der Waals surface area contributed by atoms with Gasteiger partial charge in [0.05, 0.1) is 0 Å². The lowest BCUT2D eigenvalue weighted by Gasteiger charge is -2.37. The molecule has 9 heteroatoms. The third kappa shape index (κ3) is 14.7. The molecule has 0 aliphatic carbocycles. The van der Waals surface area contributed by atoms with Gasteiger partial charge in [-0.25, -0.2) is 9.59 Å². The van der Waals surface area contributed by atoms with Crippen LogP contribution >= 0.6 is 0 Å². The van der Waals surface area contributed by atoms with E-state index in [1.807, 2.05) is 76.2 Å². The molecule has 2 aromatic rings. The highest BCUT2D eigenvalue weighted by molar-refractivity contribution is 5.94. The smallest absolute Gasteiger partial charge is 0.408 e. The maximum atomic E-state index is 14.9. The van der Waals surface area contributed by atoms with E-state index in [0.29, 0.717) is 18.4 Å². The minimum atomic E-state index is -1.08. The molecule has 2 N–H and O–H groups in total. The molecule has 0 radical (unpaired) electrons. The molecule has 4 atom stereocenters. The number of carbonyl (C=O) groups excluding carboxylic acids is 4. The van der Waals surface area contributed by atoms with Gasteiger partial charge in [-0.2, -0.15) is 0 Å². The number of aryl methyl sites for hydroxylation is 2. The van der Waals surface area contributed by atoms with Crippen LogP contribution in [0.5, 0.6) is 0 Å².